The van der Waals surface area contributed by atoms with Crippen LogP contribution in [0.3, 0.4) is 0 Å². The fourth-order valence-corrected chi connectivity index (χ4v) is 1.44. The van der Waals surface area contributed by atoms with E-state index in [-0.39, 0.29) is 11.5 Å². The number of nitrogens with zero attached hydrogens (tertiary/aromatic N) is 2. The van der Waals surface area contributed by atoms with Gasteiger partial charge in [0.25, 0.3) is 6.43 Å². The van der Waals surface area contributed by atoms with Crippen LogP contribution >= 0.6 is 0 Å². The molecule has 6 heteroatoms. The Morgan fingerprint density at radius 2 is 2.13 bits per heavy atom. The van der Waals surface area contributed by atoms with Crippen molar-refractivity contribution in [2.75, 3.05) is 5.73 Å². The van der Waals surface area contributed by atoms with Crippen LogP contribution in [-0.4, -0.2) is 16.0 Å². The normalized spacial score (nSPS) is 11.5. The molecule has 1 aromatic carbocycles. The summed E-state index contributed by atoms with van der Waals surface area (Å²) in [7, 11) is 0. The molecule has 80 valence electrons. The number of nitrogen functional groups attached to an aromatic ring is 1. The van der Waals surface area contributed by atoms with Crippen molar-refractivity contribution in [3.63, 3.8) is 0 Å². The van der Waals surface area contributed by atoms with Crippen LogP contribution in [0.2, 0.25) is 0 Å². The van der Waals surface area contributed by atoms with E-state index in [0.717, 1.165) is 10.6 Å². The third-order valence-corrected chi connectivity index (χ3v) is 2.06. The second-order valence-corrected chi connectivity index (χ2v) is 3.10. The van der Waals surface area contributed by atoms with E-state index in [2.05, 4.69) is 4.98 Å². The molecular formula is C9H8F3N3. The number of anilines is 1. The van der Waals surface area contributed by atoms with E-state index in [9.17, 15) is 13.2 Å². The summed E-state index contributed by atoms with van der Waals surface area (Å²) in [5.74, 6) is -0.534. The van der Waals surface area contributed by atoms with Crippen LogP contribution in [0.25, 0.3) is 11.0 Å². The molecule has 2 N–H and O–H groups in total. The summed E-state index contributed by atoms with van der Waals surface area (Å²) in [6, 6.07) is 3.76. The van der Waals surface area contributed by atoms with Gasteiger partial charge in [0.05, 0.1) is 17.6 Å². The zero-order valence-electron chi connectivity index (χ0n) is 7.62. The molecule has 3 nitrogen and oxygen atoms in total. The zero-order valence-corrected chi connectivity index (χ0v) is 7.62. The van der Waals surface area contributed by atoms with Gasteiger partial charge in [0.2, 0.25) is 5.95 Å². The second kappa shape index (κ2) is 3.45. The number of benzene rings is 1. The molecule has 0 unspecified atom stereocenters. The van der Waals surface area contributed by atoms with E-state index in [1.54, 1.807) is 0 Å². The molecule has 0 aliphatic carbocycles. The monoisotopic (exact) mass is 215 g/mol. The van der Waals surface area contributed by atoms with Crippen LogP contribution < -0.4 is 5.73 Å². The van der Waals surface area contributed by atoms with Gasteiger partial charge in [-0.15, -0.1) is 0 Å². The molecule has 0 spiro atoms. The number of rotatable bonds is 2. The van der Waals surface area contributed by atoms with Gasteiger partial charge >= 0.3 is 0 Å². The molecule has 2 aromatic rings. The summed E-state index contributed by atoms with van der Waals surface area (Å²) in [5, 5.41) is 0. The van der Waals surface area contributed by atoms with Gasteiger partial charge in [-0.2, -0.15) is 0 Å². The Morgan fingerprint density at radius 1 is 1.40 bits per heavy atom. The van der Waals surface area contributed by atoms with Crippen LogP contribution in [0.5, 0.6) is 0 Å². The number of hydrogen-bond donors (Lipinski definition) is 1. The van der Waals surface area contributed by atoms with Crippen LogP contribution in [0.1, 0.15) is 0 Å². The Hall–Kier alpha value is -1.72. The maximum Gasteiger partial charge on any atom is 0.256 e. The average Bonchev–Trinajstić information content (AvgIpc) is 2.43. The van der Waals surface area contributed by atoms with Crippen molar-refractivity contribution in [2.24, 2.45) is 0 Å². The van der Waals surface area contributed by atoms with Crippen molar-refractivity contribution in [3.05, 3.63) is 24.0 Å². The number of alkyl halides is 2. The summed E-state index contributed by atoms with van der Waals surface area (Å²) in [4.78, 5) is 3.85. The first-order chi connectivity index (χ1) is 7.08. The summed E-state index contributed by atoms with van der Waals surface area (Å²) >= 11 is 0. The minimum atomic E-state index is -2.55. The van der Waals surface area contributed by atoms with E-state index in [0.29, 0.717) is 5.52 Å². The number of imidazole rings is 1. The predicted octanol–water partition coefficient (Wildman–Crippen LogP) is 2.02. The first-order valence-corrected chi connectivity index (χ1v) is 4.27. The summed E-state index contributed by atoms with van der Waals surface area (Å²) in [6.45, 7) is -0.578. The Labute approximate surface area is 83.3 Å². The SMILES string of the molecule is Nc1nc2ccc(F)cc2n1CC(F)F. The quantitative estimate of drug-likeness (QED) is 0.832. The molecule has 15 heavy (non-hydrogen) atoms. The maximum atomic E-state index is 12.9. The summed E-state index contributed by atoms with van der Waals surface area (Å²) in [5.41, 5.74) is 6.14. The van der Waals surface area contributed by atoms with Gasteiger partial charge < -0.3 is 10.3 Å². The Morgan fingerprint density at radius 3 is 2.80 bits per heavy atom. The van der Waals surface area contributed by atoms with Crippen molar-refractivity contribution in [1.82, 2.24) is 9.55 Å². The van der Waals surface area contributed by atoms with Gasteiger partial charge in [-0.3, -0.25) is 0 Å². The first kappa shape index (κ1) is 9.82. The molecule has 2 rings (SSSR count). The molecule has 0 saturated heterocycles. The van der Waals surface area contributed by atoms with Crippen molar-refractivity contribution in [1.29, 1.82) is 0 Å². The van der Waals surface area contributed by atoms with Crippen molar-refractivity contribution >= 4 is 17.0 Å². The van der Waals surface area contributed by atoms with Gasteiger partial charge in [-0.1, -0.05) is 0 Å². The van der Waals surface area contributed by atoms with E-state index in [1.807, 2.05) is 0 Å². The van der Waals surface area contributed by atoms with E-state index < -0.39 is 18.8 Å². The summed E-state index contributed by atoms with van der Waals surface area (Å²) in [6.07, 6.45) is -2.55. The predicted molar refractivity (Wildman–Crippen MR) is 50.1 cm³/mol. The molecule has 0 aliphatic heterocycles. The molecule has 0 amide bonds. The molecular weight excluding hydrogens is 207 g/mol. The second-order valence-electron chi connectivity index (χ2n) is 3.10. The fraction of sp³-hybridized carbons (Fsp3) is 0.222. The highest BCUT2D eigenvalue weighted by atomic mass is 19.3. The lowest BCUT2D eigenvalue weighted by molar-refractivity contribution is 0.128. The largest absolute Gasteiger partial charge is 0.369 e. The van der Waals surface area contributed by atoms with Crippen LogP contribution in [0.15, 0.2) is 18.2 Å². The maximum absolute atomic E-state index is 12.9. The van der Waals surface area contributed by atoms with E-state index in [1.165, 1.54) is 12.1 Å². The fourth-order valence-electron chi connectivity index (χ4n) is 1.44. The van der Waals surface area contributed by atoms with E-state index >= 15 is 0 Å². The lowest BCUT2D eigenvalue weighted by atomic mass is 10.3. The standard InChI is InChI=1S/C9H8F3N3/c10-5-1-2-6-7(3-5)15(4-8(11)12)9(13)14-6/h1-3,8H,4H2,(H2,13,14). The van der Waals surface area contributed by atoms with Crippen LogP contribution in [-0.2, 0) is 6.54 Å². The van der Waals surface area contributed by atoms with E-state index in [4.69, 9.17) is 5.73 Å². The lowest BCUT2D eigenvalue weighted by Gasteiger charge is -2.04. The molecule has 0 fully saturated rings. The zero-order chi connectivity index (χ0) is 11.0. The minimum Gasteiger partial charge on any atom is -0.369 e. The highest BCUT2D eigenvalue weighted by molar-refractivity contribution is 5.78. The minimum absolute atomic E-state index is 0.0316. The number of aromatic nitrogens is 2. The van der Waals surface area contributed by atoms with Gasteiger partial charge in [0, 0.05) is 0 Å². The van der Waals surface area contributed by atoms with Gasteiger partial charge in [-0.25, -0.2) is 18.2 Å². The van der Waals surface area contributed by atoms with Gasteiger partial charge in [0.15, 0.2) is 0 Å². The van der Waals surface area contributed by atoms with Crippen molar-refractivity contribution in [2.45, 2.75) is 13.0 Å². The summed E-state index contributed by atoms with van der Waals surface area (Å²) < 4.78 is 38.4. The average molecular weight is 215 g/mol. The Bertz CT molecular complexity index is 493. The number of hydrogen-bond acceptors (Lipinski definition) is 2. The highest BCUT2D eigenvalue weighted by Crippen LogP contribution is 2.19. The third-order valence-electron chi connectivity index (χ3n) is 2.06. The van der Waals surface area contributed by atoms with Crippen molar-refractivity contribution < 1.29 is 13.2 Å². The van der Waals surface area contributed by atoms with Gasteiger partial charge in [-0.05, 0) is 18.2 Å². The molecule has 0 atom stereocenters. The Kier molecular flexibility index (Phi) is 2.26. The highest BCUT2D eigenvalue weighted by Gasteiger charge is 2.12. The lowest BCUT2D eigenvalue weighted by Crippen LogP contribution is -2.09. The Balaban J connectivity index is 2.60. The third kappa shape index (κ3) is 1.74. The van der Waals surface area contributed by atoms with Gasteiger partial charge in [0.1, 0.15) is 5.82 Å². The molecule has 1 aromatic heterocycles. The van der Waals surface area contributed by atoms with Crippen molar-refractivity contribution in [3.8, 4) is 0 Å². The molecule has 0 saturated carbocycles. The molecule has 0 radical (unpaired) electrons. The number of nitrogens with two attached hydrogens (primary N) is 1. The molecule has 0 aliphatic rings. The van der Waals surface area contributed by atoms with Crippen LogP contribution in [0, 0.1) is 5.82 Å². The number of halogens is 3. The topological polar surface area (TPSA) is 43.8 Å². The first-order valence-electron chi connectivity index (χ1n) is 4.27. The molecule has 0 bridgehead atoms. The number of fused-ring (bicyclic) bond motifs is 1. The molecule has 1 heterocycles. The van der Waals surface area contributed by atoms with Crippen LogP contribution in [0.4, 0.5) is 19.1 Å². The smallest absolute Gasteiger partial charge is 0.256 e.